The Hall–Kier alpha value is -4.55. The van der Waals surface area contributed by atoms with Crippen LogP contribution in [0.4, 0.5) is 5.69 Å². The van der Waals surface area contributed by atoms with Crippen LogP contribution in [-0.4, -0.2) is 33.3 Å². The molecule has 0 saturated carbocycles. The Morgan fingerprint density at radius 3 is 2.79 bits per heavy atom. The summed E-state index contributed by atoms with van der Waals surface area (Å²) >= 11 is 9.32. The highest BCUT2D eigenvalue weighted by atomic mass is 79.9. The molecule has 0 fully saturated rings. The van der Waals surface area contributed by atoms with Gasteiger partial charge >= 0.3 is 5.69 Å². The molecule has 0 bridgehead atoms. The quantitative estimate of drug-likeness (QED) is 0.159. The average molecular weight is 597 g/mol. The zero-order chi connectivity index (χ0) is 27.0. The summed E-state index contributed by atoms with van der Waals surface area (Å²) in [6, 6.07) is 16.2. The zero-order valence-corrected chi connectivity index (χ0v) is 21.5. The number of ether oxygens (including phenoxy) is 1. The average Bonchev–Trinajstić information content (AvgIpc) is 3.30. The highest BCUT2D eigenvalue weighted by Gasteiger charge is 2.21. The summed E-state index contributed by atoms with van der Waals surface area (Å²) in [7, 11) is 0. The van der Waals surface area contributed by atoms with E-state index in [4.69, 9.17) is 26.5 Å². The number of nitro groups is 1. The third-order valence-corrected chi connectivity index (χ3v) is 6.20. The lowest BCUT2D eigenvalue weighted by Gasteiger charge is -2.09. The fourth-order valence-electron chi connectivity index (χ4n) is 3.73. The number of para-hydroxylation sites is 1. The SMILES string of the molecule is NC(=O)COc1c(Br)cc(C=Nn2c(-c3cc4cc(Cl)ccc4o3)nc3ccccc3c2=O)cc1[N+](=O)[O-]. The first-order chi connectivity index (χ1) is 18.2. The van der Waals surface area contributed by atoms with Gasteiger partial charge in [-0.2, -0.15) is 9.78 Å². The van der Waals surface area contributed by atoms with E-state index in [9.17, 15) is 19.7 Å². The number of halogens is 2. The molecule has 2 aromatic heterocycles. The Balaban J connectivity index is 1.65. The minimum absolute atomic E-state index is 0.118. The minimum atomic E-state index is -0.791. The molecule has 2 N–H and O–H groups in total. The van der Waals surface area contributed by atoms with Crippen molar-refractivity contribution in [3.05, 3.63) is 96.2 Å². The lowest BCUT2D eigenvalue weighted by atomic mass is 10.2. The molecule has 0 unspecified atom stereocenters. The number of benzene rings is 3. The number of aromatic nitrogens is 2. The minimum Gasteiger partial charge on any atom is -0.476 e. The van der Waals surface area contributed by atoms with Gasteiger partial charge in [-0.3, -0.25) is 19.7 Å². The fraction of sp³-hybridized carbons (Fsp3) is 0.0400. The molecule has 13 heteroatoms. The molecule has 2 heterocycles. The fourth-order valence-corrected chi connectivity index (χ4v) is 4.50. The number of nitrogens with two attached hydrogens (primary N) is 1. The maximum Gasteiger partial charge on any atom is 0.312 e. The first-order valence-electron chi connectivity index (χ1n) is 10.9. The number of fused-ring (bicyclic) bond motifs is 2. The second-order valence-electron chi connectivity index (χ2n) is 7.97. The predicted molar refractivity (Wildman–Crippen MR) is 145 cm³/mol. The summed E-state index contributed by atoms with van der Waals surface area (Å²) in [5.74, 6) is -0.575. The molecule has 38 heavy (non-hydrogen) atoms. The van der Waals surface area contributed by atoms with Gasteiger partial charge in [-0.25, -0.2) is 4.98 Å². The van der Waals surface area contributed by atoms with Crippen molar-refractivity contribution in [3.8, 4) is 17.3 Å². The van der Waals surface area contributed by atoms with Gasteiger partial charge in [0.05, 0.1) is 26.5 Å². The number of carbonyl (C=O) groups excluding carboxylic acids is 1. The number of carbonyl (C=O) groups is 1. The number of primary amides is 1. The van der Waals surface area contributed by atoms with Gasteiger partial charge in [0, 0.05) is 22.0 Å². The van der Waals surface area contributed by atoms with E-state index < -0.39 is 28.7 Å². The Morgan fingerprint density at radius 1 is 1.24 bits per heavy atom. The second kappa shape index (κ2) is 10.1. The van der Waals surface area contributed by atoms with Gasteiger partial charge < -0.3 is 14.9 Å². The number of furan rings is 1. The van der Waals surface area contributed by atoms with Gasteiger partial charge in [0.1, 0.15) is 5.58 Å². The topological polar surface area (TPSA) is 156 Å². The van der Waals surface area contributed by atoms with E-state index in [0.717, 1.165) is 4.68 Å². The van der Waals surface area contributed by atoms with Crippen LogP contribution in [0.5, 0.6) is 5.75 Å². The summed E-state index contributed by atoms with van der Waals surface area (Å²) in [6.45, 7) is -0.545. The monoisotopic (exact) mass is 595 g/mol. The van der Waals surface area contributed by atoms with Crippen LogP contribution in [0.3, 0.4) is 0 Å². The van der Waals surface area contributed by atoms with Gasteiger partial charge in [-0.1, -0.05) is 23.7 Å². The van der Waals surface area contributed by atoms with E-state index in [-0.39, 0.29) is 27.4 Å². The van der Waals surface area contributed by atoms with Crippen LogP contribution in [0.25, 0.3) is 33.5 Å². The maximum atomic E-state index is 13.4. The van der Waals surface area contributed by atoms with Gasteiger partial charge in [-0.15, -0.1) is 0 Å². The number of nitrogens with zero attached hydrogens (tertiary/aromatic N) is 4. The largest absolute Gasteiger partial charge is 0.476 e. The predicted octanol–water partition coefficient (Wildman–Crippen LogP) is 4.88. The summed E-state index contributed by atoms with van der Waals surface area (Å²) < 4.78 is 12.4. The molecule has 0 aliphatic heterocycles. The Bertz CT molecular complexity index is 1850. The van der Waals surface area contributed by atoms with Crippen LogP contribution >= 0.6 is 27.5 Å². The summed E-state index contributed by atoms with van der Waals surface area (Å²) in [5, 5.41) is 17.5. The molecule has 190 valence electrons. The van der Waals surface area contributed by atoms with E-state index >= 15 is 0 Å². The summed E-state index contributed by atoms with van der Waals surface area (Å²) in [5.41, 5.74) is 5.41. The van der Waals surface area contributed by atoms with Crippen molar-refractivity contribution >= 4 is 67.2 Å². The first-order valence-corrected chi connectivity index (χ1v) is 12.0. The van der Waals surface area contributed by atoms with Crippen molar-refractivity contribution in [2.75, 3.05) is 6.61 Å². The van der Waals surface area contributed by atoms with Gasteiger partial charge in [-0.05, 0) is 58.4 Å². The Labute approximate surface area is 226 Å². The molecule has 11 nitrogen and oxygen atoms in total. The number of rotatable bonds is 7. The van der Waals surface area contributed by atoms with Crippen molar-refractivity contribution < 1.29 is 18.9 Å². The number of hydrogen-bond acceptors (Lipinski definition) is 8. The number of nitro benzene ring substituents is 1. The molecular weight excluding hydrogens is 582 g/mol. The van der Waals surface area contributed by atoms with Crippen molar-refractivity contribution in [1.82, 2.24) is 9.66 Å². The summed E-state index contributed by atoms with van der Waals surface area (Å²) in [6.07, 6.45) is 1.26. The number of hydrogen-bond donors (Lipinski definition) is 1. The van der Waals surface area contributed by atoms with Crippen LogP contribution in [0.2, 0.25) is 5.02 Å². The smallest absolute Gasteiger partial charge is 0.312 e. The summed E-state index contributed by atoms with van der Waals surface area (Å²) in [4.78, 5) is 40.1. The first kappa shape index (κ1) is 25.1. The van der Waals surface area contributed by atoms with E-state index in [2.05, 4.69) is 26.0 Å². The molecule has 0 spiro atoms. The molecule has 0 atom stereocenters. The molecule has 5 aromatic rings. The molecule has 0 aliphatic carbocycles. The third-order valence-electron chi connectivity index (χ3n) is 5.38. The standard InChI is InChI=1S/C25H15BrClN5O6/c26-17-7-13(8-19(32(35)36)23(17)37-12-22(28)33)11-29-31-24(30-18-4-2-1-3-16(18)25(31)34)21-10-14-9-15(27)5-6-20(14)38-21/h1-11H,12H2,(H2,28,33). The molecule has 0 aliphatic rings. The van der Waals surface area contributed by atoms with Gasteiger partial charge in [0.25, 0.3) is 11.5 Å². The molecule has 0 radical (unpaired) electrons. The van der Waals surface area contributed by atoms with Gasteiger partial charge in [0.2, 0.25) is 11.6 Å². The van der Waals surface area contributed by atoms with Crippen molar-refractivity contribution in [1.29, 1.82) is 0 Å². The molecule has 0 saturated heterocycles. The Kier molecular flexibility index (Phi) is 6.66. The number of amides is 1. The zero-order valence-electron chi connectivity index (χ0n) is 19.1. The molecule has 5 rings (SSSR count). The van der Waals surface area contributed by atoms with Crippen LogP contribution in [0.15, 0.2) is 79.4 Å². The van der Waals surface area contributed by atoms with E-state index in [1.54, 1.807) is 48.5 Å². The molecule has 1 amide bonds. The van der Waals surface area contributed by atoms with Crippen molar-refractivity contribution in [3.63, 3.8) is 0 Å². The van der Waals surface area contributed by atoms with Crippen molar-refractivity contribution in [2.24, 2.45) is 10.8 Å². The third kappa shape index (κ3) is 4.86. The molecular formula is C25H15BrClN5O6. The van der Waals surface area contributed by atoms with Crippen LogP contribution in [0.1, 0.15) is 5.56 Å². The van der Waals surface area contributed by atoms with Crippen LogP contribution in [-0.2, 0) is 4.79 Å². The highest BCUT2D eigenvalue weighted by Crippen LogP contribution is 2.36. The molecule has 3 aromatic carbocycles. The highest BCUT2D eigenvalue weighted by molar-refractivity contribution is 9.10. The maximum absolute atomic E-state index is 13.4. The second-order valence-corrected chi connectivity index (χ2v) is 9.26. The van der Waals surface area contributed by atoms with E-state index in [0.29, 0.717) is 26.9 Å². The Morgan fingerprint density at radius 2 is 2.03 bits per heavy atom. The van der Waals surface area contributed by atoms with Crippen molar-refractivity contribution in [2.45, 2.75) is 0 Å². The van der Waals surface area contributed by atoms with E-state index in [1.165, 1.54) is 18.3 Å². The lowest BCUT2D eigenvalue weighted by Crippen LogP contribution is -2.20. The van der Waals surface area contributed by atoms with Crippen LogP contribution in [0, 0.1) is 10.1 Å². The van der Waals surface area contributed by atoms with E-state index in [1.807, 2.05) is 0 Å². The normalized spacial score (nSPS) is 11.4. The van der Waals surface area contributed by atoms with Crippen LogP contribution < -0.4 is 16.0 Å². The lowest BCUT2D eigenvalue weighted by molar-refractivity contribution is -0.385. The van der Waals surface area contributed by atoms with Gasteiger partial charge in [0.15, 0.2) is 12.4 Å².